The zero-order valence-corrected chi connectivity index (χ0v) is 16.0. The van der Waals surface area contributed by atoms with Crippen LogP contribution < -0.4 is 20.9 Å². The first-order valence-electron chi connectivity index (χ1n) is 8.79. The maximum Gasteiger partial charge on any atom is 0.269 e. The number of ether oxygens (including phenoxy) is 1. The lowest BCUT2D eigenvalue weighted by Crippen LogP contribution is -2.48. The quantitative estimate of drug-likeness (QED) is 0.387. The number of benzene rings is 2. The molecule has 3 N–H and O–H groups in total. The molecule has 0 aliphatic rings. The largest absolute Gasteiger partial charge is 0.494 e. The molecule has 2 aromatic rings. The van der Waals surface area contributed by atoms with Gasteiger partial charge in [0.1, 0.15) is 5.75 Å². The van der Waals surface area contributed by atoms with Crippen molar-refractivity contribution in [2.45, 2.75) is 26.2 Å². The molecule has 0 aromatic heterocycles. The maximum atomic E-state index is 12.2. The zero-order valence-electron chi connectivity index (χ0n) is 15.2. The predicted octanol–water partition coefficient (Wildman–Crippen LogP) is 3.20. The molecule has 6 nitrogen and oxygen atoms in total. The van der Waals surface area contributed by atoms with Gasteiger partial charge >= 0.3 is 0 Å². The Balaban J connectivity index is 1.77. The molecule has 0 atom stereocenters. The molecular weight excluding hydrogens is 362 g/mol. The van der Waals surface area contributed by atoms with Gasteiger partial charge in [-0.05, 0) is 55.0 Å². The molecule has 0 heterocycles. The van der Waals surface area contributed by atoms with E-state index < -0.39 is 0 Å². The van der Waals surface area contributed by atoms with Crippen LogP contribution in [-0.4, -0.2) is 23.5 Å². The van der Waals surface area contributed by atoms with Crippen LogP contribution in [0.5, 0.6) is 5.75 Å². The minimum Gasteiger partial charge on any atom is -0.494 e. The van der Waals surface area contributed by atoms with Gasteiger partial charge in [0.15, 0.2) is 5.11 Å². The second kappa shape index (κ2) is 10.9. The smallest absolute Gasteiger partial charge is 0.269 e. The lowest BCUT2D eigenvalue weighted by molar-refractivity contribution is 0.0934. The van der Waals surface area contributed by atoms with Crippen molar-refractivity contribution in [3.63, 3.8) is 0 Å². The standard InChI is InChI=1S/C20H23N3O3S/c1-2-3-7-14-26-17-12-10-16(11-13-17)18(24)21-20(27)23-22-19(25)15-8-5-4-6-9-15/h4-6,8-13H,2-3,7,14H2,1H3,(H,22,25)(H2,21,23,24,27). The van der Waals surface area contributed by atoms with Crippen molar-refractivity contribution < 1.29 is 14.3 Å². The Morgan fingerprint density at radius 1 is 0.889 bits per heavy atom. The third-order valence-electron chi connectivity index (χ3n) is 3.69. The normalized spacial score (nSPS) is 9.96. The van der Waals surface area contributed by atoms with Crippen molar-refractivity contribution in [1.82, 2.24) is 16.2 Å². The van der Waals surface area contributed by atoms with Crippen molar-refractivity contribution in [1.29, 1.82) is 0 Å². The molecule has 0 fully saturated rings. The number of unbranched alkanes of at least 4 members (excludes halogenated alkanes) is 2. The summed E-state index contributed by atoms with van der Waals surface area (Å²) < 4.78 is 5.61. The number of hydrogen-bond donors (Lipinski definition) is 3. The van der Waals surface area contributed by atoms with Crippen molar-refractivity contribution >= 4 is 29.1 Å². The molecule has 27 heavy (non-hydrogen) atoms. The number of hydrogen-bond acceptors (Lipinski definition) is 4. The molecule has 2 rings (SSSR count). The number of hydrazine groups is 1. The van der Waals surface area contributed by atoms with Gasteiger partial charge in [-0.1, -0.05) is 38.0 Å². The highest BCUT2D eigenvalue weighted by molar-refractivity contribution is 7.80. The Kier molecular flexibility index (Phi) is 8.25. The third kappa shape index (κ3) is 7.07. The molecule has 7 heteroatoms. The Bertz CT molecular complexity index is 764. The summed E-state index contributed by atoms with van der Waals surface area (Å²) in [6.07, 6.45) is 3.28. The number of nitrogens with one attached hydrogen (secondary N) is 3. The van der Waals surface area contributed by atoms with Gasteiger partial charge in [-0.2, -0.15) is 0 Å². The van der Waals surface area contributed by atoms with Crippen LogP contribution >= 0.6 is 12.2 Å². The fourth-order valence-corrected chi connectivity index (χ4v) is 2.37. The van der Waals surface area contributed by atoms with E-state index in [-0.39, 0.29) is 16.9 Å². The Labute approximate surface area is 164 Å². The minimum absolute atomic E-state index is 0.00386. The van der Waals surface area contributed by atoms with Crippen LogP contribution in [0.3, 0.4) is 0 Å². The zero-order chi connectivity index (χ0) is 19.5. The van der Waals surface area contributed by atoms with Gasteiger partial charge in [0, 0.05) is 11.1 Å². The summed E-state index contributed by atoms with van der Waals surface area (Å²) in [5.41, 5.74) is 5.86. The molecule has 0 saturated heterocycles. The predicted molar refractivity (Wildman–Crippen MR) is 109 cm³/mol. The van der Waals surface area contributed by atoms with E-state index in [1.54, 1.807) is 48.5 Å². The average Bonchev–Trinajstić information content (AvgIpc) is 2.70. The van der Waals surface area contributed by atoms with Crippen molar-refractivity contribution in [2.75, 3.05) is 6.61 Å². The van der Waals surface area contributed by atoms with Crippen molar-refractivity contribution in [3.05, 3.63) is 65.7 Å². The van der Waals surface area contributed by atoms with E-state index in [1.165, 1.54) is 0 Å². The topological polar surface area (TPSA) is 79.5 Å². The first kappa shape index (κ1) is 20.4. The second-order valence-corrected chi connectivity index (χ2v) is 6.22. The van der Waals surface area contributed by atoms with Crippen LogP contribution in [0, 0.1) is 0 Å². The lowest BCUT2D eigenvalue weighted by atomic mass is 10.2. The van der Waals surface area contributed by atoms with E-state index in [0.717, 1.165) is 25.0 Å². The highest BCUT2D eigenvalue weighted by Gasteiger charge is 2.09. The summed E-state index contributed by atoms with van der Waals surface area (Å²) in [7, 11) is 0. The number of carbonyl (C=O) groups is 2. The molecule has 0 aliphatic heterocycles. The summed E-state index contributed by atoms with van der Waals surface area (Å²) in [5, 5.41) is 2.51. The van der Waals surface area contributed by atoms with E-state index in [9.17, 15) is 9.59 Å². The van der Waals surface area contributed by atoms with Crippen LogP contribution in [0.4, 0.5) is 0 Å². The number of amides is 2. The van der Waals surface area contributed by atoms with Gasteiger partial charge in [-0.15, -0.1) is 0 Å². The van der Waals surface area contributed by atoms with Crippen LogP contribution in [-0.2, 0) is 0 Å². The molecular formula is C20H23N3O3S. The fourth-order valence-electron chi connectivity index (χ4n) is 2.23. The third-order valence-corrected chi connectivity index (χ3v) is 3.89. The lowest BCUT2D eigenvalue weighted by Gasteiger charge is -2.11. The maximum absolute atomic E-state index is 12.2. The van der Waals surface area contributed by atoms with Gasteiger partial charge in [0.2, 0.25) is 0 Å². The van der Waals surface area contributed by atoms with Gasteiger partial charge in [-0.25, -0.2) is 0 Å². The monoisotopic (exact) mass is 385 g/mol. The molecule has 2 aromatic carbocycles. The number of carbonyl (C=O) groups excluding carboxylic acids is 2. The number of thiocarbonyl (C=S) groups is 1. The Morgan fingerprint density at radius 3 is 2.22 bits per heavy atom. The van der Waals surface area contributed by atoms with Crippen molar-refractivity contribution in [2.24, 2.45) is 0 Å². The molecule has 0 saturated carbocycles. The van der Waals surface area contributed by atoms with Crippen LogP contribution in [0.15, 0.2) is 54.6 Å². The number of rotatable bonds is 7. The van der Waals surface area contributed by atoms with Crippen LogP contribution in [0.25, 0.3) is 0 Å². The second-order valence-electron chi connectivity index (χ2n) is 5.81. The molecule has 0 spiro atoms. The van der Waals surface area contributed by atoms with E-state index in [2.05, 4.69) is 23.1 Å². The van der Waals surface area contributed by atoms with E-state index >= 15 is 0 Å². The van der Waals surface area contributed by atoms with E-state index in [1.807, 2.05) is 6.07 Å². The molecule has 0 aliphatic carbocycles. The van der Waals surface area contributed by atoms with Crippen LogP contribution in [0.2, 0.25) is 0 Å². The average molecular weight is 385 g/mol. The minimum atomic E-state index is -0.376. The Hall–Kier alpha value is -2.93. The summed E-state index contributed by atoms with van der Waals surface area (Å²) >= 11 is 5.02. The Morgan fingerprint density at radius 2 is 1.56 bits per heavy atom. The van der Waals surface area contributed by atoms with E-state index in [0.29, 0.717) is 17.7 Å². The first-order valence-corrected chi connectivity index (χ1v) is 9.20. The summed E-state index contributed by atoms with van der Waals surface area (Å²) in [6.45, 7) is 2.80. The first-order chi connectivity index (χ1) is 13.1. The van der Waals surface area contributed by atoms with Gasteiger partial charge < -0.3 is 4.74 Å². The highest BCUT2D eigenvalue weighted by Crippen LogP contribution is 2.13. The molecule has 142 valence electrons. The SMILES string of the molecule is CCCCCOc1ccc(C(=O)NC(=S)NNC(=O)c2ccccc2)cc1. The molecule has 0 bridgehead atoms. The van der Waals surface area contributed by atoms with Gasteiger partial charge in [0.05, 0.1) is 6.61 Å². The summed E-state index contributed by atoms with van der Waals surface area (Å²) in [6, 6.07) is 15.5. The summed E-state index contributed by atoms with van der Waals surface area (Å²) in [4.78, 5) is 24.1. The summed E-state index contributed by atoms with van der Waals surface area (Å²) in [5.74, 6) is -0.00533. The molecule has 2 amide bonds. The molecule has 0 radical (unpaired) electrons. The van der Waals surface area contributed by atoms with Crippen molar-refractivity contribution in [3.8, 4) is 5.75 Å². The van der Waals surface area contributed by atoms with Gasteiger partial charge in [-0.3, -0.25) is 25.8 Å². The van der Waals surface area contributed by atoms with Crippen LogP contribution in [0.1, 0.15) is 46.9 Å². The highest BCUT2D eigenvalue weighted by atomic mass is 32.1. The van der Waals surface area contributed by atoms with Gasteiger partial charge in [0.25, 0.3) is 11.8 Å². The van der Waals surface area contributed by atoms with E-state index in [4.69, 9.17) is 17.0 Å². The molecule has 0 unspecified atom stereocenters. The fraction of sp³-hybridized carbons (Fsp3) is 0.250.